The second-order valence-electron chi connectivity index (χ2n) is 4.91. The average molecular weight is 445 g/mol. The van der Waals surface area contributed by atoms with Crippen LogP contribution < -0.4 is 0 Å². The van der Waals surface area contributed by atoms with E-state index >= 15 is 0 Å². The average Bonchev–Trinajstić information content (AvgIpc) is 3.10. The largest absolute Gasteiger partial charge is 0.363 e. The molecule has 5 heteroatoms. The number of amides is 1. The molecule has 1 aromatic heterocycles. The molecule has 0 aliphatic carbocycles. The van der Waals surface area contributed by atoms with Crippen LogP contribution in [0.1, 0.15) is 34.9 Å². The highest BCUT2D eigenvalue weighted by atomic mass is 127. The highest BCUT2D eigenvalue weighted by Gasteiger charge is 2.31. The quantitative estimate of drug-likeness (QED) is 0.686. The van der Waals surface area contributed by atoms with Gasteiger partial charge in [-0.3, -0.25) is 4.79 Å². The van der Waals surface area contributed by atoms with Gasteiger partial charge in [-0.2, -0.15) is 0 Å². The molecule has 3 rings (SSSR count). The Kier molecular flexibility index (Phi) is 4.16. The van der Waals surface area contributed by atoms with Crippen LogP contribution in [0.5, 0.6) is 0 Å². The molecule has 3 nitrogen and oxygen atoms in total. The lowest BCUT2D eigenvalue weighted by Gasteiger charge is -2.24. The third-order valence-corrected chi connectivity index (χ3v) is 5.02. The molecule has 1 aliphatic heterocycles. The van der Waals surface area contributed by atoms with E-state index in [1.165, 1.54) is 0 Å². The van der Waals surface area contributed by atoms with Gasteiger partial charge in [0.1, 0.15) is 0 Å². The predicted molar refractivity (Wildman–Crippen MR) is 90.7 cm³/mol. The van der Waals surface area contributed by atoms with Crippen LogP contribution in [0.2, 0.25) is 0 Å². The van der Waals surface area contributed by atoms with E-state index < -0.39 is 0 Å². The first-order valence-corrected chi connectivity index (χ1v) is 8.43. The van der Waals surface area contributed by atoms with Crippen molar-refractivity contribution in [3.05, 3.63) is 55.8 Å². The minimum absolute atomic E-state index is 0.104. The molecule has 1 fully saturated rings. The Morgan fingerprint density at radius 2 is 2.25 bits per heavy atom. The summed E-state index contributed by atoms with van der Waals surface area (Å²) in [6.45, 7) is 0.820. The molecule has 0 saturated carbocycles. The molecule has 20 heavy (non-hydrogen) atoms. The van der Waals surface area contributed by atoms with Crippen molar-refractivity contribution in [2.75, 3.05) is 6.54 Å². The standard InChI is InChI=1S/C15H14BrIN2O/c16-12-6-5-10(17)9-11(12)15(20)19-8-2-4-14(19)13-3-1-7-18-13/h1,3,5-7,9,14,18H,2,4,8H2. The number of carbonyl (C=O) groups excluding carboxylic acids is 1. The van der Waals surface area contributed by atoms with E-state index in [9.17, 15) is 4.79 Å². The number of carbonyl (C=O) groups is 1. The van der Waals surface area contributed by atoms with Gasteiger partial charge in [-0.05, 0) is 81.7 Å². The maximum Gasteiger partial charge on any atom is 0.255 e. The molecular formula is C15H14BrIN2O. The maximum atomic E-state index is 12.8. The summed E-state index contributed by atoms with van der Waals surface area (Å²) in [5, 5.41) is 0. The fourth-order valence-corrected chi connectivity index (χ4v) is 3.61. The maximum absolute atomic E-state index is 12.8. The van der Waals surface area contributed by atoms with Gasteiger partial charge < -0.3 is 9.88 Å². The Hall–Kier alpha value is -0.820. The van der Waals surface area contributed by atoms with E-state index in [1.54, 1.807) is 0 Å². The molecule has 2 aromatic rings. The van der Waals surface area contributed by atoms with Crippen molar-refractivity contribution in [1.29, 1.82) is 0 Å². The monoisotopic (exact) mass is 444 g/mol. The summed E-state index contributed by atoms with van der Waals surface area (Å²) in [6, 6.07) is 10.1. The normalized spacial score (nSPS) is 18.5. The molecule has 1 unspecified atom stereocenters. The van der Waals surface area contributed by atoms with E-state index in [-0.39, 0.29) is 11.9 Å². The van der Waals surface area contributed by atoms with Crippen LogP contribution >= 0.6 is 38.5 Å². The number of aromatic nitrogens is 1. The molecule has 2 heterocycles. The van der Waals surface area contributed by atoms with Crippen LogP contribution in [0.3, 0.4) is 0 Å². The first-order valence-electron chi connectivity index (χ1n) is 6.56. The topological polar surface area (TPSA) is 36.1 Å². The molecule has 1 N–H and O–H groups in total. The Labute approximate surface area is 140 Å². The SMILES string of the molecule is O=C(c1cc(I)ccc1Br)N1CCCC1c1ccc[nH]1. The lowest BCUT2D eigenvalue weighted by molar-refractivity contribution is 0.0732. The van der Waals surface area contributed by atoms with Crippen molar-refractivity contribution in [2.45, 2.75) is 18.9 Å². The van der Waals surface area contributed by atoms with Gasteiger partial charge in [0.05, 0.1) is 11.6 Å². The number of halogens is 2. The number of benzene rings is 1. The molecular weight excluding hydrogens is 431 g/mol. The summed E-state index contributed by atoms with van der Waals surface area (Å²) in [5.41, 5.74) is 1.87. The minimum atomic E-state index is 0.104. The van der Waals surface area contributed by atoms with E-state index in [4.69, 9.17) is 0 Å². The molecule has 0 spiro atoms. The van der Waals surface area contributed by atoms with Crippen LogP contribution in [0.15, 0.2) is 41.0 Å². The molecule has 1 aliphatic rings. The highest BCUT2D eigenvalue weighted by molar-refractivity contribution is 14.1. The Bertz CT molecular complexity index is 627. The summed E-state index contributed by atoms with van der Waals surface area (Å²) >= 11 is 5.72. The number of hydrogen-bond acceptors (Lipinski definition) is 1. The third kappa shape index (κ3) is 2.65. The molecule has 1 atom stereocenters. The van der Waals surface area contributed by atoms with Crippen molar-refractivity contribution in [3.8, 4) is 0 Å². The predicted octanol–water partition coefficient (Wildman–Crippen LogP) is 4.36. The number of likely N-dealkylation sites (tertiary alicyclic amines) is 1. The van der Waals surface area contributed by atoms with Crippen LogP contribution in [-0.2, 0) is 0 Å². The number of aromatic amines is 1. The fourth-order valence-electron chi connectivity index (χ4n) is 2.70. The Balaban J connectivity index is 1.91. The van der Waals surface area contributed by atoms with Gasteiger partial charge >= 0.3 is 0 Å². The lowest BCUT2D eigenvalue weighted by Crippen LogP contribution is -2.31. The molecule has 0 radical (unpaired) electrons. The second-order valence-corrected chi connectivity index (χ2v) is 7.01. The van der Waals surface area contributed by atoms with Gasteiger partial charge in [0.15, 0.2) is 0 Å². The summed E-state index contributed by atoms with van der Waals surface area (Å²) in [6.07, 6.45) is 3.99. The van der Waals surface area contributed by atoms with Crippen molar-refractivity contribution >= 4 is 44.4 Å². The van der Waals surface area contributed by atoms with Crippen molar-refractivity contribution in [1.82, 2.24) is 9.88 Å². The number of hydrogen-bond donors (Lipinski definition) is 1. The van der Waals surface area contributed by atoms with Crippen LogP contribution in [-0.4, -0.2) is 22.3 Å². The number of rotatable bonds is 2. The Morgan fingerprint density at radius 1 is 1.40 bits per heavy atom. The fraction of sp³-hybridized carbons (Fsp3) is 0.267. The highest BCUT2D eigenvalue weighted by Crippen LogP contribution is 2.33. The van der Waals surface area contributed by atoms with E-state index in [0.29, 0.717) is 0 Å². The molecule has 0 bridgehead atoms. The smallest absolute Gasteiger partial charge is 0.255 e. The second kappa shape index (κ2) is 5.89. The van der Waals surface area contributed by atoms with Crippen LogP contribution in [0.4, 0.5) is 0 Å². The molecule has 1 amide bonds. The molecule has 1 aromatic carbocycles. The third-order valence-electron chi connectivity index (χ3n) is 3.65. The number of nitrogens with one attached hydrogen (secondary N) is 1. The molecule has 104 valence electrons. The summed E-state index contributed by atoms with van der Waals surface area (Å²) in [7, 11) is 0. The zero-order valence-electron chi connectivity index (χ0n) is 10.8. The van der Waals surface area contributed by atoms with Gasteiger partial charge in [-0.15, -0.1) is 0 Å². The summed E-state index contributed by atoms with van der Waals surface area (Å²) in [4.78, 5) is 18.0. The van der Waals surface area contributed by atoms with E-state index in [2.05, 4.69) is 49.6 Å². The first-order chi connectivity index (χ1) is 9.66. The van der Waals surface area contributed by atoms with Gasteiger partial charge in [-0.25, -0.2) is 0 Å². The van der Waals surface area contributed by atoms with Crippen molar-refractivity contribution < 1.29 is 4.79 Å². The van der Waals surface area contributed by atoms with Gasteiger partial charge in [0.2, 0.25) is 0 Å². The lowest BCUT2D eigenvalue weighted by atomic mass is 10.1. The zero-order valence-corrected chi connectivity index (χ0v) is 14.5. The first kappa shape index (κ1) is 14.1. The summed E-state index contributed by atoms with van der Waals surface area (Å²) < 4.78 is 1.94. The van der Waals surface area contributed by atoms with E-state index in [0.717, 1.165) is 38.7 Å². The zero-order chi connectivity index (χ0) is 14.1. The summed E-state index contributed by atoms with van der Waals surface area (Å²) in [5.74, 6) is 0.104. The molecule has 1 saturated heterocycles. The Morgan fingerprint density at radius 3 is 3.00 bits per heavy atom. The van der Waals surface area contributed by atoms with Gasteiger partial charge in [-0.1, -0.05) is 0 Å². The van der Waals surface area contributed by atoms with E-state index in [1.807, 2.05) is 35.4 Å². The van der Waals surface area contributed by atoms with Crippen molar-refractivity contribution in [3.63, 3.8) is 0 Å². The van der Waals surface area contributed by atoms with Gasteiger partial charge in [0, 0.05) is 26.5 Å². The number of H-pyrrole nitrogens is 1. The minimum Gasteiger partial charge on any atom is -0.363 e. The van der Waals surface area contributed by atoms with Crippen LogP contribution in [0, 0.1) is 3.57 Å². The number of nitrogens with zero attached hydrogens (tertiary/aromatic N) is 1. The van der Waals surface area contributed by atoms with Crippen molar-refractivity contribution in [2.24, 2.45) is 0 Å². The van der Waals surface area contributed by atoms with Gasteiger partial charge in [0.25, 0.3) is 5.91 Å². The van der Waals surface area contributed by atoms with Crippen LogP contribution in [0.25, 0.3) is 0 Å².